The summed E-state index contributed by atoms with van der Waals surface area (Å²) in [6.45, 7) is 4.55. The van der Waals surface area contributed by atoms with Crippen LogP contribution < -0.4 is 5.32 Å². The average Bonchev–Trinajstić information content (AvgIpc) is 3.10. The Bertz CT molecular complexity index is 816. The Labute approximate surface area is 137 Å². The molecule has 6 nitrogen and oxygen atoms in total. The molecule has 0 aromatic carbocycles. The number of thiazole rings is 1. The van der Waals surface area contributed by atoms with Crippen molar-refractivity contribution in [3.8, 4) is 10.6 Å². The zero-order valence-electron chi connectivity index (χ0n) is 12.9. The number of hydrogen-bond acceptors (Lipinski definition) is 5. The molecule has 22 heavy (non-hydrogen) atoms. The Balaban J connectivity index is 1.79. The van der Waals surface area contributed by atoms with E-state index < -0.39 is 0 Å². The summed E-state index contributed by atoms with van der Waals surface area (Å²) < 4.78 is 3.47. The van der Waals surface area contributed by atoms with Crippen LogP contribution in [0.2, 0.25) is 5.15 Å². The molecule has 8 heteroatoms. The second-order valence-corrected chi connectivity index (χ2v) is 6.50. The van der Waals surface area contributed by atoms with Gasteiger partial charge in [-0.1, -0.05) is 22.9 Å². The van der Waals surface area contributed by atoms with Crippen molar-refractivity contribution >= 4 is 28.1 Å². The summed E-state index contributed by atoms with van der Waals surface area (Å²) in [5, 5.41) is 13.6. The number of hydrogen-bond donors (Lipinski definition) is 1. The number of aryl methyl sites for hydroxylation is 4. The van der Waals surface area contributed by atoms with Crippen molar-refractivity contribution in [2.24, 2.45) is 14.1 Å². The van der Waals surface area contributed by atoms with Gasteiger partial charge in [0.1, 0.15) is 10.8 Å². The van der Waals surface area contributed by atoms with Gasteiger partial charge in [0.05, 0.1) is 16.3 Å². The molecule has 0 saturated carbocycles. The molecule has 0 amide bonds. The van der Waals surface area contributed by atoms with Gasteiger partial charge in [-0.2, -0.15) is 10.2 Å². The lowest BCUT2D eigenvalue weighted by atomic mass is 10.3. The maximum Gasteiger partial charge on any atom is 0.183 e. The van der Waals surface area contributed by atoms with E-state index in [4.69, 9.17) is 11.6 Å². The third-order valence-electron chi connectivity index (χ3n) is 3.43. The summed E-state index contributed by atoms with van der Waals surface area (Å²) in [6, 6.07) is 1.99. The molecule has 0 bridgehead atoms. The van der Waals surface area contributed by atoms with Crippen LogP contribution in [0.1, 0.15) is 17.0 Å². The van der Waals surface area contributed by atoms with Gasteiger partial charge >= 0.3 is 0 Å². The van der Waals surface area contributed by atoms with Gasteiger partial charge in [0.15, 0.2) is 5.13 Å². The van der Waals surface area contributed by atoms with Crippen molar-refractivity contribution < 1.29 is 0 Å². The van der Waals surface area contributed by atoms with Crippen LogP contribution in [0.25, 0.3) is 10.6 Å². The molecule has 3 heterocycles. The van der Waals surface area contributed by atoms with E-state index in [2.05, 4.69) is 20.5 Å². The first kappa shape index (κ1) is 15.1. The van der Waals surface area contributed by atoms with E-state index in [1.54, 1.807) is 20.7 Å². The molecule has 0 aliphatic rings. The van der Waals surface area contributed by atoms with E-state index in [0.29, 0.717) is 11.7 Å². The quantitative estimate of drug-likeness (QED) is 0.795. The van der Waals surface area contributed by atoms with Gasteiger partial charge in [0.2, 0.25) is 0 Å². The first-order valence-corrected chi connectivity index (χ1v) is 8.04. The smallest absolute Gasteiger partial charge is 0.183 e. The summed E-state index contributed by atoms with van der Waals surface area (Å²) in [6.07, 6.45) is 1.93. The highest BCUT2D eigenvalue weighted by molar-refractivity contribution is 7.19. The van der Waals surface area contributed by atoms with Gasteiger partial charge in [-0.05, 0) is 19.9 Å². The molecule has 0 aliphatic carbocycles. The average molecular weight is 337 g/mol. The first-order valence-electron chi connectivity index (χ1n) is 6.85. The van der Waals surface area contributed by atoms with Gasteiger partial charge in [-0.15, -0.1) is 0 Å². The van der Waals surface area contributed by atoms with Crippen molar-refractivity contribution in [3.05, 3.63) is 34.4 Å². The lowest BCUT2D eigenvalue weighted by molar-refractivity contribution is 0.757. The fourth-order valence-electron chi connectivity index (χ4n) is 2.28. The van der Waals surface area contributed by atoms with Crippen LogP contribution in [0, 0.1) is 13.8 Å². The summed E-state index contributed by atoms with van der Waals surface area (Å²) in [4.78, 5) is 5.65. The lowest BCUT2D eigenvalue weighted by Gasteiger charge is -2.02. The predicted molar refractivity (Wildman–Crippen MR) is 89.3 cm³/mol. The SMILES string of the molecule is Cc1nc(NCc2c(C)nn(C)c2Cl)sc1-c1ccn(C)n1. The minimum Gasteiger partial charge on any atom is -0.357 e. The van der Waals surface area contributed by atoms with E-state index in [1.807, 2.05) is 40.2 Å². The monoisotopic (exact) mass is 336 g/mol. The lowest BCUT2D eigenvalue weighted by Crippen LogP contribution is -2.00. The molecular weight excluding hydrogens is 320 g/mol. The number of nitrogens with one attached hydrogen (secondary N) is 1. The number of halogens is 1. The van der Waals surface area contributed by atoms with E-state index in [9.17, 15) is 0 Å². The van der Waals surface area contributed by atoms with Gasteiger partial charge in [0, 0.05) is 32.4 Å². The van der Waals surface area contributed by atoms with Crippen molar-refractivity contribution in [3.63, 3.8) is 0 Å². The largest absolute Gasteiger partial charge is 0.357 e. The van der Waals surface area contributed by atoms with E-state index in [-0.39, 0.29) is 0 Å². The highest BCUT2D eigenvalue weighted by Gasteiger charge is 2.14. The van der Waals surface area contributed by atoms with Crippen LogP contribution in [-0.2, 0) is 20.6 Å². The fraction of sp³-hybridized carbons (Fsp3) is 0.357. The highest BCUT2D eigenvalue weighted by atomic mass is 35.5. The normalized spacial score (nSPS) is 11.1. The van der Waals surface area contributed by atoms with Crippen LogP contribution in [0.15, 0.2) is 12.3 Å². The number of rotatable bonds is 4. The second-order valence-electron chi connectivity index (χ2n) is 5.14. The molecular formula is C14H17ClN6S. The Morgan fingerprint density at radius 1 is 1.23 bits per heavy atom. The Morgan fingerprint density at radius 3 is 2.59 bits per heavy atom. The predicted octanol–water partition coefficient (Wildman–Crippen LogP) is 3.16. The van der Waals surface area contributed by atoms with E-state index in [0.717, 1.165) is 32.7 Å². The topological polar surface area (TPSA) is 60.6 Å². The van der Waals surface area contributed by atoms with Gasteiger partial charge < -0.3 is 5.32 Å². The van der Waals surface area contributed by atoms with Crippen molar-refractivity contribution in [2.45, 2.75) is 20.4 Å². The molecule has 0 atom stereocenters. The number of anilines is 1. The second kappa shape index (κ2) is 5.73. The standard InChI is InChI=1S/C14H17ClN6S/c1-8-10(13(15)21(4)18-8)7-16-14-17-9(2)12(22-14)11-5-6-20(3)19-11/h5-6H,7H2,1-4H3,(H,16,17). The van der Waals surface area contributed by atoms with Crippen LogP contribution in [-0.4, -0.2) is 24.5 Å². The molecule has 0 spiro atoms. The van der Waals surface area contributed by atoms with Crippen LogP contribution >= 0.6 is 22.9 Å². The van der Waals surface area contributed by atoms with Gasteiger partial charge in [-0.25, -0.2) is 4.98 Å². The maximum absolute atomic E-state index is 6.25. The molecule has 3 rings (SSSR count). The third kappa shape index (κ3) is 2.74. The summed E-state index contributed by atoms with van der Waals surface area (Å²) >= 11 is 7.84. The summed E-state index contributed by atoms with van der Waals surface area (Å²) in [5.41, 5.74) is 3.84. The molecule has 0 unspecified atom stereocenters. The number of aromatic nitrogens is 5. The molecule has 0 saturated heterocycles. The van der Waals surface area contributed by atoms with Crippen LogP contribution in [0.4, 0.5) is 5.13 Å². The molecule has 116 valence electrons. The zero-order chi connectivity index (χ0) is 15.9. The number of nitrogens with zero attached hydrogens (tertiary/aromatic N) is 5. The van der Waals surface area contributed by atoms with Crippen molar-refractivity contribution in [2.75, 3.05) is 5.32 Å². The van der Waals surface area contributed by atoms with Crippen LogP contribution in [0.5, 0.6) is 0 Å². The Morgan fingerprint density at radius 2 is 2.00 bits per heavy atom. The van der Waals surface area contributed by atoms with Crippen molar-refractivity contribution in [1.29, 1.82) is 0 Å². The zero-order valence-corrected chi connectivity index (χ0v) is 14.5. The molecule has 0 aliphatic heterocycles. The molecule has 0 fully saturated rings. The molecule has 0 radical (unpaired) electrons. The molecule has 3 aromatic heterocycles. The molecule has 3 aromatic rings. The van der Waals surface area contributed by atoms with Crippen molar-refractivity contribution in [1.82, 2.24) is 24.5 Å². The minimum absolute atomic E-state index is 0.604. The van der Waals surface area contributed by atoms with Gasteiger partial charge in [-0.3, -0.25) is 9.36 Å². The summed E-state index contributed by atoms with van der Waals surface area (Å²) in [7, 11) is 3.75. The van der Waals surface area contributed by atoms with Crippen LogP contribution in [0.3, 0.4) is 0 Å². The van der Waals surface area contributed by atoms with E-state index in [1.165, 1.54) is 0 Å². The van der Waals surface area contributed by atoms with E-state index >= 15 is 0 Å². The first-order chi connectivity index (χ1) is 10.5. The fourth-order valence-corrected chi connectivity index (χ4v) is 3.45. The highest BCUT2D eigenvalue weighted by Crippen LogP contribution is 2.32. The third-order valence-corrected chi connectivity index (χ3v) is 5.04. The molecule has 1 N–H and O–H groups in total. The van der Waals surface area contributed by atoms with Gasteiger partial charge in [0.25, 0.3) is 0 Å². The Kier molecular flexibility index (Phi) is 3.92. The maximum atomic E-state index is 6.25. The minimum atomic E-state index is 0.604. The Hall–Kier alpha value is -1.86. The summed E-state index contributed by atoms with van der Waals surface area (Å²) in [5.74, 6) is 0.